The number of aromatic amines is 1. The summed E-state index contributed by atoms with van der Waals surface area (Å²) in [6.45, 7) is 4.64. The van der Waals surface area contributed by atoms with Crippen molar-refractivity contribution in [2.45, 2.75) is 89.2 Å². The molecule has 13 nitrogen and oxygen atoms in total. The number of carbonyl (C=O) groups is 5. The number of nitrogens with two attached hydrogens (primary N) is 2. The average molecular weight is 648 g/mol. The minimum Gasteiger partial charge on any atom is -0.391 e. The number of carbonyl (C=O) groups excluding carboxylic acids is 5. The highest BCUT2D eigenvalue weighted by atomic mass is 16.3. The number of unbranched alkanes of at least 4 members (excludes halogenated alkanes) is 1. The van der Waals surface area contributed by atoms with E-state index in [9.17, 15) is 29.1 Å². The summed E-state index contributed by atoms with van der Waals surface area (Å²) in [5.74, 6) is -3.09. The van der Waals surface area contributed by atoms with Crippen molar-refractivity contribution < 1.29 is 29.1 Å². The van der Waals surface area contributed by atoms with Crippen LogP contribution in [0.3, 0.4) is 0 Å². The van der Waals surface area contributed by atoms with Gasteiger partial charge in [-0.25, -0.2) is 0 Å². The number of aliphatic hydroxyl groups excluding tert-OH is 1. The Morgan fingerprint density at radius 3 is 2.34 bits per heavy atom. The van der Waals surface area contributed by atoms with E-state index in [2.05, 4.69) is 20.9 Å². The van der Waals surface area contributed by atoms with Gasteiger partial charge in [0.15, 0.2) is 0 Å². The first-order valence-corrected chi connectivity index (χ1v) is 15.8. The molecule has 4 rings (SSSR count). The molecule has 3 aromatic rings. The van der Waals surface area contributed by atoms with Crippen LogP contribution in [0, 0.1) is 0 Å². The zero-order valence-electron chi connectivity index (χ0n) is 27.0. The third-order valence-corrected chi connectivity index (χ3v) is 8.57. The number of hydrogen-bond acceptors (Lipinski definition) is 7. The van der Waals surface area contributed by atoms with Gasteiger partial charge in [0.05, 0.1) is 12.6 Å². The lowest BCUT2D eigenvalue weighted by Crippen LogP contribution is -2.64. The van der Waals surface area contributed by atoms with Crippen molar-refractivity contribution in [1.29, 1.82) is 0 Å². The van der Waals surface area contributed by atoms with Crippen LogP contribution in [0.5, 0.6) is 0 Å². The second kappa shape index (κ2) is 15.2. The maximum atomic E-state index is 14.7. The number of nitrogens with one attached hydrogen (secondary N) is 4. The molecule has 0 bridgehead atoms. The standard InChI is InChI=1S/C34H45N7O6/c1-20(42)29(30(36)44)39-32(46)28(15-9-10-16-35)41-19-27-24(23-13-7-8-14-25(23)38-27)18-34(3,33(41)47)40-31(45)26(37-21(2)43)17-22-11-5-4-6-12-22/h4-8,11-14,20,26,28-29,38,42H,9-10,15-19,35H2,1-3H3,(H2,36,44)(H,37,43)(H,39,46)(H,40,45)/t20-,26+,28+,29+,34-/m1/s1. The monoisotopic (exact) mass is 647 g/mol. The van der Waals surface area contributed by atoms with E-state index in [-0.39, 0.29) is 25.8 Å². The van der Waals surface area contributed by atoms with Gasteiger partial charge >= 0.3 is 0 Å². The Bertz CT molecular complexity index is 1610. The fraction of sp³-hybridized carbons (Fsp3) is 0.441. The quantitative estimate of drug-likeness (QED) is 0.123. The predicted octanol–water partition coefficient (Wildman–Crippen LogP) is 0.523. The second-order valence-electron chi connectivity index (χ2n) is 12.4. The first-order valence-electron chi connectivity index (χ1n) is 15.8. The van der Waals surface area contributed by atoms with E-state index in [4.69, 9.17) is 11.5 Å². The molecule has 1 aromatic heterocycles. The molecule has 1 aliphatic rings. The van der Waals surface area contributed by atoms with Gasteiger partial charge in [-0.1, -0.05) is 48.5 Å². The van der Waals surface area contributed by atoms with Crippen LogP contribution in [0.15, 0.2) is 54.6 Å². The number of H-pyrrole nitrogens is 1. The first-order chi connectivity index (χ1) is 22.3. The molecular weight excluding hydrogens is 602 g/mol. The summed E-state index contributed by atoms with van der Waals surface area (Å²) in [5, 5.41) is 19.2. The number of hydrogen-bond donors (Lipinski definition) is 7. The van der Waals surface area contributed by atoms with E-state index < -0.39 is 59.3 Å². The lowest BCUT2D eigenvalue weighted by molar-refractivity contribution is -0.148. The molecule has 5 amide bonds. The van der Waals surface area contributed by atoms with E-state index >= 15 is 0 Å². The number of nitrogens with zero attached hydrogens (tertiary/aromatic N) is 1. The maximum Gasteiger partial charge on any atom is 0.249 e. The zero-order chi connectivity index (χ0) is 34.3. The number of aromatic nitrogens is 1. The summed E-state index contributed by atoms with van der Waals surface area (Å²) in [6, 6.07) is 13.3. The summed E-state index contributed by atoms with van der Waals surface area (Å²) in [5.41, 5.74) is 12.8. The third-order valence-electron chi connectivity index (χ3n) is 8.57. The predicted molar refractivity (Wildman–Crippen MR) is 176 cm³/mol. The Balaban J connectivity index is 1.77. The van der Waals surface area contributed by atoms with E-state index in [1.54, 1.807) is 6.92 Å². The lowest BCUT2D eigenvalue weighted by Gasteiger charge is -2.38. The van der Waals surface area contributed by atoms with E-state index in [0.29, 0.717) is 25.1 Å². The molecule has 0 saturated heterocycles. The fourth-order valence-corrected chi connectivity index (χ4v) is 6.18. The van der Waals surface area contributed by atoms with Crippen LogP contribution in [0.4, 0.5) is 0 Å². The van der Waals surface area contributed by atoms with Crippen molar-refractivity contribution in [3.05, 3.63) is 71.4 Å². The Morgan fingerprint density at radius 1 is 1.02 bits per heavy atom. The Kier molecular flexibility index (Phi) is 11.4. The summed E-state index contributed by atoms with van der Waals surface area (Å²) >= 11 is 0. The van der Waals surface area contributed by atoms with Gasteiger partial charge in [-0.15, -0.1) is 0 Å². The second-order valence-corrected chi connectivity index (χ2v) is 12.4. The van der Waals surface area contributed by atoms with Crippen molar-refractivity contribution in [3.63, 3.8) is 0 Å². The summed E-state index contributed by atoms with van der Waals surface area (Å²) in [7, 11) is 0. The highest BCUT2D eigenvalue weighted by Gasteiger charge is 2.47. The van der Waals surface area contributed by atoms with Gasteiger partial charge in [0, 0.05) is 36.4 Å². The maximum absolute atomic E-state index is 14.7. The number of aliphatic hydroxyl groups is 1. The molecule has 252 valence electrons. The molecule has 2 aromatic carbocycles. The van der Waals surface area contributed by atoms with Crippen LogP contribution in [0.25, 0.3) is 10.9 Å². The van der Waals surface area contributed by atoms with Crippen molar-refractivity contribution in [2.24, 2.45) is 11.5 Å². The molecule has 2 heterocycles. The SMILES string of the molecule is CC(=O)N[C@@H](Cc1ccccc1)C(=O)N[C@]1(C)Cc2c([nH]c3ccccc23)CN([C@@H](CCCCN)C(=O)N[C@H](C(N)=O)[C@@H](C)O)C1=O. The summed E-state index contributed by atoms with van der Waals surface area (Å²) < 4.78 is 0. The van der Waals surface area contributed by atoms with E-state index in [0.717, 1.165) is 22.0 Å². The van der Waals surface area contributed by atoms with Crippen molar-refractivity contribution >= 4 is 40.4 Å². The number of primary amides is 1. The van der Waals surface area contributed by atoms with Crippen LogP contribution in [0.1, 0.15) is 56.9 Å². The van der Waals surface area contributed by atoms with Crippen molar-refractivity contribution in [3.8, 4) is 0 Å². The van der Waals surface area contributed by atoms with Crippen LogP contribution in [0.2, 0.25) is 0 Å². The number of para-hydroxylation sites is 1. The summed E-state index contributed by atoms with van der Waals surface area (Å²) in [6.07, 6.45) is 0.268. The summed E-state index contributed by atoms with van der Waals surface area (Å²) in [4.78, 5) is 71.6. The Hall–Kier alpha value is -4.75. The minimum absolute atomic E-state index is 0.00404. The highest BCUT2D eigenvalue weighted by Crippen LogP contribution is 2.33. The largest absolute Gasteiger partial charge is 0.391 e. The van der Waals surface area contributed by atoms with E-state index in [1.807, 2.05) is 54.6 Å². The number of benzene rings is 2. The molecule has 0 aliphatic carbocycles. The molecule has 0 spiro atoms. The number of amides is 5. The first kappa shape index (κ1) is 35.1. The minimum atomic E-state index is -1.56. The topological polar surface area (TPSA) is 213 Å². The average Bonchev–Trinajstić information content (AvgIpc) is 3.31. The smallest absolute Gasteiger partial charge is 0.249 e. The van der Waals surface area contributed by atoms with Crippen LogP contribution in [-0.4, -0.2) is 80.8 Å². The molecule has 9 N–H and O–H groups in total. The van der Waals surface area contributed by atoms with Crippen LogP contribution >= 0.6 is 0 Å². The van der Waals surface area contributed by atoms with Gasteiger partial charge in [0.1, 0.15) is 23.7 Å². The molecule has 5 atom stereocenters. The van der Waals surface area contributed by atoms with Crippen molar-refractivity contribution in [1.82, 2.24) is 25.8 Å². The highest BCUT2D eigenvalue weighted by molar-refractivity contribution is 5.99. The van der Waals surface area contributed by atoms with Gasteiger partial charge in [-0.2, -0.15) is 0 Å². The van der Waals surface area contributed by atoms with Crippen LogP contribution < -0.4 is 27.4 Å². The van der Waals surface area contributed by atoms with E-state index in [1.165, 1.54) is 18.7 Å². The molecule has 13 heteroatoms. The number of rotatable bonds is 14. The molecule has 47 heavy (non-hydrogen) atoms. The van der Waals surface area contributed by atoms with Gasteiger partial charge in [-0.05, 0) is 56.8 Å². The normalized spacial score (nSPS) is 18.7. The Labute approximate surface area is 273 Å². The fourth-order valence-electron chi connectivity index (χ4n) is 6.18. The third kappa shape index (κ3) is 8.35. The molecule has 0 saturated carbocycles. The molecule has 0 unspecified atom stereocenters. The molecule has 0 fully saturated rings. The molecule has 1 aliphatic heterocycles. The van der Waals surface area contributed by atoms with Gasteiger partial charge < -0.3 is 42.4 Å². The number of fused-ring (bicyclic) bond motifs is 3. The van der Waals surface area contributed by atoms with Gasteiger partial charge in [0.2, 0.25) is 29.5 Å². The zero-order valence-corrected chi connectivity index (χ0v) is 27.0. The van der Waals surface area contributed by atoms with Crippen LogP contribution in [-0.2, 0) is 43.4 Å². The Morgan fingerprint density at radius 2 is 1.70 bits per heavy atom. The molecule has 0 radical (unpaired) electrons. The molecular formula is C34H45N7O6. The van der Waals surface area contributed by atoms with Gasteiger partial charge in [0.25, 0.3) is 0 Å². The van der Waals surface area contributed by atoms with Gasteiger partial charge in [-0.3, -0.25) is 24.0 Å². The lowest BCUT2D eigenvalue weighted by atomic mass is 9.90. The van der Waals surface area contributed by atoms with Crippen molar-refractivity contribution in [2.75, 3.05) is 6.54 Å².